The second kappa shape index (κ2) is 5.30. The molecule has 8 heteroatoms. The molecule has 0 fully saturated rings. The fourth-order valence-corrected chi connectivity index (χ4v) is 2.87. The number of fused-ring (bicyclic) bond motifs is 1. The summed E-state index contributed by atoms with van der Waals surface area (Å²) < 4.78 is 4.83. The Morgan fingerprint density at radius 2 is 2.24 bits per heavy atom. The van der Waals surface area contributed by atoms with Crippen molar-refractivity contribution in [1.29, 1.82) is 0 Å². The van der Waals surface area contributed by atoms with Gasteiger partial charge in [0.05, 0.1) is 0 Å². The number of rotatable bonds is 2. The average Bonchev–Trinajstić information content (AvgIpc) is 2.84. The van der Waals surface area contributed by atoms with Gasteiger partial charge < -0.3 is 15.0 Å². The van der Waals surface area contributed by atoms with Gasteiger partial charge in [-0.3, -0.25) is 9.59 Å². The molecular weight excluding hydrogens is 291 g/mol. The quantitative estimate of drug-likeness (QED) is 0.620. The van der Waals surface area contributed by atoms with Crippen LogP contribution >= 0.6 is 11.3 Å². The molecule has 1 aromatic carbocycles. The summed E-state index contributed by atoms with van der Waals surface area (Å²) in [6, 6.07) is 6.68. The number of aromatic nitrogens is 1. The number of hydrogen-bond donors (Lipinski definition) is 2. The van der Waals surface area contributed by atoms with E-state index in [1.807, 2.05) is 6.92 Å². The van der Waals surface area contributed by atoms with Crippen molar-refractivity contribution in [2.24, 2.45) is 0 Å². The van der Waals surface area contributed by atoms with Gasteiger partial charge in [-0.15, -0.1) is 11.3 Å². The minimum Gasteiger partial charge on any atom is -0.505 e. The van der Waals surface area contributed by atoms with Crippen LogP contribution in [0.25, 0.3) is 0 Å². The minimum atomic E-state index is -1.33. The van der Waals surface area contributed by atoms with Crippen LogP contribution in [0.3, 0.4) is 0 Å². The van der Waals surface area contributed by atoms with Crippen LogP contribution in [0.2, 0.25) is 0 Å². The molecule has 2 N–H and O–H groups in total. The first-order chi connectivity index (χ1) is 10.1. The summed E-state index contributed by atoms with van der Waals surface area (Å²) in [4.78, 5) is 29.3. The summed E-state index contributed by atoms with van der Waals surface area (Å²) in [5.74, 6) is -2.39. The molecule has 1 aliphatic rings. The number of nitrogens with zero attached hydrogens (tertiary/aromatic N) is 1. The van der Waals surface area contributed by atoms with Gasteiger partial charge in [0.25, 0.3) is 0 Å². The average molecular weight is 302 g/mol. The molecule has 1 aliphatic heterocycles. The van der Waals surface area contributed by atoms with Crippen LogP contribution in [0.15, 0.2) is 30.5 Å². The molecule has 1 unspecified atom stereocenters. The number of benzene rings is 1. The zero-order valence-electron chi connectivity index (χ0n) is 11.1. The molecule has 0 saturated heterocycles. The number of hydrogen-bond acceptors (Lipinski definition) is 6. The van der Waals surface area contributed by atoms with E-state index >= 15 is 0 Å². The molecule has 21 heavy (non-hydrogen) atoms. The van der Waals surface area contributed by atoms with Crippen LogP contribution in [-0.4, -0.2) is 29.0 Å². The van der Waals surface area contributed by atoms with E-state index in [0.717, 1.165) is 4.88 Å². The summed E-state index contributed by atoms with van der Waals surface area (Å²) in [5.41, 5.74) is 0.875. The van der Waals surface area contributed by atoms with E-state index < -0.39 is 24.9 Å². The highest BCUT2D eigenvalue weighted by Crippen LogP contribution is 2.24. The molecular formula is C13H11BN2O4S. The van der Waals surface area contributed by atoms with Gasteiger partial charge in [0.15, 0.2) is 11.0 Å². The lowest BCUT2D eigenvalue weighted by Gasteiger charge is -2.24. The van der Waals surface area contributed by atoms with E-state index in [2.05, 4.69) is 10.3 Å². The summed E-state index contributed by atoms with van der Waals surface area (Å²) >= 11 is 1.32. The van der Waals surface area contributed by atoms with E-state index in [1.54, 1.807) is 30.5 Å². The summed E-state index contributed by atoms with van der Waals surface area (Å²) in [5, 5.41) is 12.8. The zero-order chi connectivity index (χ0) is 15.0. The Morgan fingerprint density at radius 3 is 2.95 bits per heavy atom. The maximum atomic E-state index is 12.3. The lowest BCUT2D eigenvalue weighted by molar-refractivity contribution is -0.140. The summed E-state index contributed by atoms with van der Waals surface area (Å²) in [6.07, 6.45) is 1.64. The summed E-state index contributed by atoms with van der Waals surface area (Å²) in [6.45, 7) is 1.87. The number of carbonyl (C=O) groups is 2. The van der Waals surface area contributed by atoms with E-state index in [-0.39, 0.29) is 0 Å². The first kappa shape index (κ1) is 13.8. The molecule has 0 saturated carbocycles. The third-order valence-corrected chi connectivity index (χ3v) is 3.98. The highest BCUT2D eigenvalue weighted by molar-refractivity contribution is 7.15. The molecule has 6 nitrogen and oxygen atoms in total. The lowest BCUT2D eigenvalue weighted by atomic mass is 9.70. The molecule has 2 heterocycles. The second-order valence-electron chi connectivity index (χ2n) is 4.62. The molecule has 1 atom stereocenters. The van der Waals surface area contributed by atoms with Gasteiger partial charge in [-0.25, -0.2) is 4.98 Å². The first-order valence-electron chi connectivity index (χ1n) is 6.27. The van der Waals surface area contributed by atoms with Crippen LogP contribution in [0, 0.1) is 6.92 Å². The van der Waals surface area contributed by atoms with Crippen molar-refractivity contribution in [2.45, 2.75) is 12.8 Å². The molecule has 1 aromatic heterocycles. The number of carbonyl (C=O) groups excluding carboxylic acids is 2. The molecule has 0 spiro atoms. The largest absolute Gasteiger partial charge is 0.562 e. The van der Waals surface area contributed by atoms with E-state index in [9.17, 15) is 14.6 Å². The Bertz CT molecular complexity index is 718. The molecule has 0 radical (unpaired) electrons. The molecule has 0 bridgehead atoms. The SMILES string of the molecule is Cc1cnc(NC(=O)C2C(=O)OB(O)c3ccccc32)s1. The molecule has 2 aromatic rings. The van der Waals surface area contributed by atoms with Gasteiger partial charge >= 0.3 is 13.1 Å². The predicted molar refractivity (Wildman–Crippen MR) is 78.4 cm³/mol. The number of aryl methyl sites for hydroxylation is 1. The Morgan fingerprint density at radius 1 is 1.48 bits per heavy atom. The van der Waals surface area contributed by atoms with Crippen LogP contribution < -0.4 is 10.8 Å². The van der Waals surface area contributed by atoms with Gasteiger partial charge in [-0.1, -0.05) is 24.3 Å². The Kier molecular flexibility index (Phi) is 3.48. The Balaban J connectivity index is 1.92. The second-order valence-corrected chi connectivity index (χ2v) is 5.85. The minimum absolute atomic E-state index is 0.424. The van der Waals surface area contributed by atoms with Crippen LogP contribution in [-0.2, 0) is 14.2 Å². The van der Waals surface area contributed by atoms with Gasteiger partial charge in [-0.05, 0) is 12.5 Å². The normalized spacial score (nSPS) is 17.1. The topological polar surface area (TPSA) is 88.5 Å². The van der Waals surface area contributed by atoms with Crippen LogP contribution in [0.4, 0.5) is 5.13 Å². The van der Waals surface area contributed by atoms with Crippen LogP contribution in [0.1, 0.15) is 16.4 Å². The number of anilines is 1. The smallest absolute Gasteiger partial charge is 0.505 e. The van der Waals surface area contributed by atoms with E-state index in [4.69, 9.17) is 4.65 Å². The van der Waals surface area contributed by atoms with Gasteiger partial charge in [0.1, 0.15) is 0 Å². The maximum absolute atomic E-state index is 12.3. The van der Waals surface area contributed by atoms with Gasteiger partial charge in [0, 0.05) is 16.5 Å². The molecule has 0 aliphatic carbocycles. The van der Waals surface area contributed by atoms with E-state index in [0.29, 0.717) is 16.2 Å². The van der Waals surface area contributed by atoms with E-state index in [1.165, 1.54) is 11.3 Å². The van der Waals surface area contributed by atoms with Crippen molar-refractivity contribution in [2.75, 3.05) is 5.32 Å². The highest BCUT2D eigenvalue weighted by Gasteiger charge is 2.42. The number of nitrogens with one attached hydrogen (secondary N) is 1. The molecule has 1 amide bonds. The summed E-state index contributed by atoms with van der Waals surface area (Å²) in [7, 11) is -1.33. The lowest BCUT2D eigenvalue weighted by Crippen LogP contribution is -2.48. The van der Waals surface area contributed by atoms with Crippen molar-refractivity contribution in [3.05, 3.63) is 40.9 Å². The zero-order valence-corrected chi connectivity index (χ0v) is 11.9. The Hall–Kier alpha value is -2.19. The predicted octanol–water partition coefficient (Wildman–Crippen LogP) is 0.418. The molecule has 106 valence electrons. The number of thiazole rings is 1. The van der Waals surface area contributed by atoms with Crippen molar-refractivity contribution >= 4 is 40.9 Å². The number of amides is 1. The standard InChI is InChI=1S/C13H11BN2O4S/c1-7-6-15-13(21-7)16-11(17)10-8-4-2-3-5-9(8)14(19)20-12(10)18/h2-6,10,19H,1H3,(H,15,16,17). The Labute approximate surface area is 124 Å². The first-order valence-corrected chi connectivity index (χ1v) is 7.08. The van der Waals surface area contributed by atoms with Crippen molar-refractivity contribution in [3.63, 3.8) is 0 Å². The monoisotopic (exact) mass is 302 g/mol. The van der Waals surface area contributed by atoms with Crippen molar-refractivity contribution < 1.29 is 19.3 Å². The van der Waals surface area contributed by atoms with Gasteiger partial charge in [-0.2, -0.15) is 0 Å². The highest BCUT2D eigenvalue weighted by atomic mass is 32.1. The maximum Gasteiger partial charge on any atom is 0.562 e. The van der Waals surface area contributed by atoms with Crippen molar-refractivity contribution in [1.82, 2.24) is 4.98 Å². The van der Waals surface area contributed by atoms with Crippen molar-refractivity contribution in [3.8, 4) is 0 Å². The molecule has 3 rings (SSSR count). The third-order valence-electron chi connectivity index (χ3n) is 3.15. The third kappa shape index (κ3) is 2.55. The fourth-order valence-electron chi connectivity index (χ4n) is 2.21. The van der Waals surface area contributed by atoms with Gasteiger partial charge in [0.2, 0.25) is 5.91 Å². The fraction of sp³-hybridized carbons (Fsp3) is 0.154. The van der Waals surface area contributed by atoms with Crippen LogP contribution in [0.5, 0.6) is 0 Å².